The SMILES string of the molecule is CN(C)C(=O)C[NH+](C)CC(=O)Nc1cc(Cl)ccc1F. The molecule has 0 aliphatic rings. The summed E-state index contributed by atoms with van der Waals surface area (Å²) in [6, 6.07) is 3.93. The maximum Gasteiger partial charge on any atom is 0.279 e. The molecule has 0 saturated carbocycles. The Labute approximate surface area is 122 Å². The number of halogens is 2. The number of nitrogens with zero attached hydrogens (tertiary/aromatic N) is 1. The first-order valence-corrected chi connectivity index (χ1v) is 6.43. The summed E-state index contributed by atoms with van der Waals surface area (Å²) >= 11 is 5.74. The summed E-state index contributed by atoms with van der Waals surface area (Å²) in [5.74, 6) is -1.01. The second-order valence-electron chi connectivity index (χ2n) is 4.77. The molecule has 110 valence electrons. The summed E-state index contributed by atoms with van der Waals surface area (Å²) in [6.45, 7) is 0.254. The predicted molar refractivity (Wildman–Crippen MR) is 75.4 cm³/mol. The first-order chi connectivity index (χ1) is 9.29. The van der Waals surface area contributed by atoms with Crippen molar-refractivity contribution in [1.82, 2.24) is 4.90 Å². The lowest BCUT2D eigenvalue weighted by atomic mass is 10.3. The van der Waals surface area contributed by atoms with E-state index < -0.39 is 5.82 Å². The number of likely N-dealkylation sites (N-methyl/N-ethyl adjacent to an activating group) is 2. The molecule has 2 N–H and O–H groups in total. The van der Waals surface area contributed by atoms with Crippen LogP contribution in [-0.2, 0) is 9.59 Å². The Morgan fingerprint density at radius 2 is 2.00 bits per heavy atom. The van der Waals surface area contributed by atoms with Gasteiger partial charge >= 0.3 is 0 Å². The molecule has 0 aliphatic heterocycles. The molecule has 0 aliphatic carbocycles. The lowest BCUT2D eigenvalue weighted by molar-refractivity contribution is -0.862. The van der Waals surface area contributed by atoms with Crippen LogP contribution in [0.3, 0.4) is 0 Å². The van der Waals surface area contributed by atoms with Crippen LogP contribution in [0.15, 0.2) is 18.2 Å². The van der Waals surface area contributed by atoms with E-state index in [1.807, 2.05) is 0 Å². The second kappa shape index (κ2) is 7.21. The maximum absolute atomic E-state index is 13.4. The van der Waals surface area contributed by atoms with Gasteiger partial charge in [0.1, 0.15) is 5.82 Å². The number of nitrogens with one attached hydrogen (secondary N) is 2. The summed E-state index contributed by atoms with van der Waals surface area (Å²) < 4.78 is 13.4. The van der Waals surface area contributed by atoms with Crippen molar-refractivity contribution in [3.8, 4) is 0 Å². The zero-order valence-corrected chi connectivity index (χ0v) is 12.4. The van der Waals surface area contributed by atoms with Gasteiger partial charge in [-0.2, -0.15) is 0 Å². The van der Waals surface area contributed by atoms with Crippen LogP contribution in [0.2, 0.25) is 5.02 Å². The zero-order valence-electron chi connectivity index (χ0n) is 11.7. The Balaban J connectivity index is 2.55. The third-order valence-electron chi connectivity index (χ3n) is 2.62. The van der Waals surface area contributed by atoms with Crippen molar-refractivity contribution in [2.24, 2.45) is 0 Å². The number of carbonyl (C=O) groups is 2. The van der Waals surface area contributed by atoms with Crippen molar-refractivity contribution in [2.75, 3.05) is 39.5 Å². The Hall–Kier alpha value is -1.66. The minimum absolute atomic E-state index is 0.0363. The number of hydrogen-bond donors (Lipinski definition) is 2. The summed E-state index contributed by atoms with van der Waals surface area (Å²) in [7, 11) is 5.02. The molecule has 0 radical (unpaired) electrons. The van der Waals surface area contributed by atoms with E-state index in [1.165, 1.54) is 23.1 Å². The van der Waals surface area contributed by atoms with E-state index in [1.54, 1.807) is 21.1 Å². The number of quaternary nitrogens is 1. The minimum atomic E-state index is -0.551. The topological polar surface area (TPSA) is 53.9 Å². The van der Waals surface area contributed by atoms with Crippen molar-refractivity contribution in [3.05, 3.63) is 29.0 Å². The van der Waals surface area contributed by atoms with Crippen LogP contribution in [0, 0.1) is 5.82 Å². The Morgan fingerprint density at radius 1 is 1.35 bits per heavy atom. The number of rotatable bonds is 5. The molecule has 0 aromatic heterocycles. The first-order valence-electron chi connectivity index (χ1n) is 6.06. The van der Waals surface area contributed by atoms with Crippen molar-refractivity contribution < 1.29 is 18.9 Å². The summed E-state index contributed by atoms with van der Waals surface area (Å²) in [5, 5.41) is 2.78. The largest absolute Gasteiger partial charge is 0.344 e. The van der Waals surface area contributed by atoms with E-state index in [0.29, 0.717) is 9.92 Å². The lowest BCUT2D eigenvalue weighted by Crippen LogP contribution is -3.11. The molecule has 20 heavy (non-hydrogen) atoms. The zero-order chi connectivity index (χ0) is 15.3. The molecule has 1 unspecified atom stereocenters. The van der Waals surface area contributed by atoms with Crippen LogP contribution in [-0.4, -0.2) is 50.9 Å². The van der Waals surface area contributed by atoms with Crippen LogP contribution in [0.25, 0.3) is 0 Å². The molecule has 1 aromatic carbocycles. The average molecular weight is 303 g/mol. The van der Waals surface area contributed by atoms with Gasteiger partial charge in [-0.05, 0) is 18.2 Å². The van der Waals surface area contributed by atoms with Crippen molar-refractivity contribution in [1.29, 1.82) is 0 Å². The van der Waals surface area contributed by atoms with Crippen LogP contribution in [0.4, 0.5) is 10.1 Å². The molecule has 1 aromatic rings. The Kier molecular flexibility index (Phi) is 5.91. The lowest BCUT2D eigenvalue weighted by Gasteiger charge is -2.16. The molecule has 0 heterocycles. The van der Waals surface area contributed by atoms with E-state index in [2.05, 4.69) is 5.32 Å². The monoisotopic (exact) mass is 302 g/mol. The highest BCUT2D eigenvalue weighted by molar-refractivity contribution is 6.30. The Morgan fingerprint density at radius 3 is 2.60 bits per heavy atom. The van der Waals surface area contributed by atoms with Gasteiger partial charge in [0.05, 0.1) is 12.7 Å². The third-order valence-corrected chi connectivity index (χ3v) is 2.85. The molecule has 5 nitrogen and oxygen atoms in total. The average Bonchev–Trinajstić information content (AvgIpc) is 2.33. The number of carbonyl (C=O) groups excluding carboxylic acids is 2. The summed E-state index contributed by atoms with van der Waals surface area (Å²) in [5.41, 5.74) is 0.0363. The minimum Gasteiger partial charge on any atom is -0.344 e. The molecule has 0 spiro atoms. The molecule has 1 rings (SSSR count). The molecular formula is C13H18ClFN3O2+. The van der Waals surface area contributed by atoms with Crippen molar-refractivity contribution >= 4 is 29.1 Å². The standard InChI is InChI=1S/C13H17ClFN3O2/c1-17(2)13(20)8-18(3)7-12(19)16-11-6-9(14)4-5-10(11)15/h4-6H,7-8H2,1-3H3,(H,16,19)/p+1. The third kappa shape index (κ3) is 5.14. The van der Waals surface area contributed by atoms with Gasteiger partial charge in [0.15, 0.2) is 13.1 Å². The first kappa shape index (κ1) is 16.4. The van der Waals surface area contributed by atoms with Gasteiger partial charge in [-0.3, -0.25) is 9.59 Å². The maximum atomic E-state index is 13.4. The van der Waals surface area contributed by atoms with Gasteiger partial charge in [-0.15, -0.1) is 0 Å². The van der Waals surface area contributed by atoms with Gasteiger partial charge in [0, 0.05) is 19.1 Å². The van der Waals surface area contributed by atoms with Gasteiger partial charge in [0.25, 0.3) is 11.8 Å². The van der Waals surface area contributed by atoms with E-state index in [4.69, 9.17) is 11.6 Å². The smallest absolute Gasteiger partial charge is 0.279 e. The van der Waals surface area contributed by atoms with E-state index in [0.717, 1.165) is 0 Å². The molecule has 1 atom stereocenters. The van der Waals surface area contributed by atoms with Crippen LogP contribution in [0.5, 0.6) is 0 Å². The fraction of sp³-hybridized carbons (Fsp3) is 0.385. The van der Waals surface area contributed by atoms with E-state index in [-0.39, 0.29) is 30.6 Å². The number of anilines is 1. The highest BCUT2D eigenvalue weighted by Gasteiger charge is 2.16. The van der Waals surface area contributed by atoms with Gasteiger partial charge in [0.2, 0.25) is 0 Å². The highest BCUT2D eigenvalue weighted by Crippen LogP contribution is 2.19. The number of hydrogen-bond acceptors (Lipinski definition) is 2. The fourth-order valence-corrected chi connectivity index (χ4v) is 1.71. The number of benzene rings is 1. The molecule has 2 amide bonds. The number of amides is 2. The molecular weight excluding hydrogens is 285 g/mol. The van der Waals surface area contributed by atoms with Crippen molar-refractivity contribution in [2.45, 2.75) is 0 Å². The normalized spacial score (nSPS) is 11.8. The van der Waals surface area contributed by atoms with Gasteiger partial charge < -0.3 is 15.1 Å². The quantitative estimate of drug-likeness (QED) is 0.806. The van der Waals surface area contributed by atoms with Crippen LogP contribution in [0.1, 0.15) is 0 Å². The van der Waals surface area contributed by atoms with E-state index >= 15 is 0 Å². The van der Waals surface area contributed by atoms with Gasteiger partial charge in [-0.1, -0.05) is 11.6 Å². The predicted octanol–water partition coefficient (Wildman–Crippen LogP) is 0.0205. The molecule has 0 bridgehead atoms. The van der Waals surface area contributed by atoms with Crippen molar-refractivity contribution in [3.63, 3.8) is 0 Å². The highest BCUT2D eigenvalue weighted by atomic mass is 35.5. The molecule has 7 heteroatoms. The van der Waals surface area contributed by atoms with E-state index in [9.17, 15) is 14.0 Å². The van der Waals surface area contributed by atoms with Gasteiger partial charge in [-0.25, -0.2) is 4.39 Å². The van der Waals surface area contributed by atoms with Crippen LogP contribution >= 0.6 is 11.6 Å². The summed E-state index contributed by atoms with van der Waals surface area (Å²) in [6.07, 6.45) is 0. The fourth-order valence-electron chi connectivity index (χ4n) is 1.54. The summed E-state index contributed by atoms with van der Waals surface area (Å²) in [4.78, 5) is 25.4. The molecule has 0 fully saturated rings. The molecule has 0 saturated heterocycles. The second-order valence-corrected chi connectivity index (χ2v) is 5.21. The van der Waals surface area contributed by atoms with Crippen LogP contribution < -0.4 is 10.2 Å². The Bertz CT molecular complexity index is 508.